The van der Waals surface area contributed by atoms with Gasteiger partial charge in [0.25, 0.3) is 0 Å². The first-order valence-corrected chi connectivity index (χ1v) is 10.3. The lowest BCUT2D eigenvalue weighted by Crippen LogP contribution is -2.20. The predicted molar refractivity (Wildman–Crippen MR) is 124 cm³/mol. The quantitative estimate of drug-likeness (QED) is 0.427. The minimum atomic E-state index is -0.192. The Kier molecular flexibility index (Phi) is 6.46. The highest BCUT2D eigenvalue weighted by Crippen LogP contribution is 2.28. The number of pyridine rings is 1. The van der Waals surface area contributed by atoms with Crippen LogP contribution in [-0.4, -0.2) is 34.2 Å². The van der Waals surface area contributed by atoms with Crippen molar-refractivity contribution in [2.45, 2.75) is 13.5 Å². The number of benzene rings is 2. The predicted octanol–water partition coefficient (Wildman–Crippen LogP) is 4.16. The molecular formula is C25H24N4O3. The molecule has 2 heterocycles. The van der Waals surface area contributed by atoms with E-state index in [2.05, 4.69) is 15.3 Å². The Morgan fingerprint density at radius 1 is 1.09 bits per heavy atom. The maximum atomic E-state index is 12.2. The largest absolute Gasteiger partial charge is 0.493 e. The number of amides is 1. The number of ether oxygens (including phenoxy) is 2. The molecule has 0 spiro atoms. The molecule has 7 nitrogen and oxygen atoms in total. The molecule has 2 aromatic heterocycles. The van der Waals surface area contributed by atoms with E-state index in [1.54, 1.807) is 25.7 Å². The number of carbonyl (C=O) groups excluding carboxylic acids is 1. The van der Waals surface area contributed by atoms with Gasteiger partial charge in [0.05, 0.1) is 24.8 Å². The molecule has 1 amide bonds. The average Bonchev–Trinajstić information content (AvgIpc) is 3.27. The third-order valence-corrected chi connectivity index (χ3v) is 4.89. The number of carbonyl (C=O) groups is 1. The van der Waals surface area contributed by atoms with Gasteiger partial charge in [-0.3, -0.25) is 9.36 Å². The molecule has 0 aliphatic carbocycles. The van der Waals surface area contributed by atoms with Crippen molar-refractivity contribution in [1.82, 2.24) is 19.9 Å². The normalized spacial score (nSPS) is 11.1. The van der Waals surface area contributed by atoms with Crippen LogP contribution in [0.15, 0.2) is 73.2 Å². The van der Waals surface area contributed by atoms with E-state index < -0.39 is 0 Å². The van der Waals surface area contributed by atoms with E-state index in [4.69, 9.17) is 9.47 Å². The Bertz CT molecular complexity index is 1250. The molecule has 0 saturated carbocycles. The highest BCUT2D eigenvalue weighted by atomic mass is 16.5. The van der Waals surface area contributed by atoms with Crippen LogP contribution in [0.4, 0.5) is 0 Å². The molecule has 4 aromatic rings. The topological polar surface area (TPSA) is 78.3 Å². The molecule has 0 unspecified atom stereocenters. The van der Waals surface area contributed by atoms with E-state index >= 15 is 0 Å². The van der Waals surface area contributed by atoms with Crippen LogP contribution in [0.2, 0.25) is 0 Å². The molecule has 0 fully saturated rings. The minimum Gasteiger partial charge on any atom is -0.493 e. The number of nitrogens with one attached hydrogen (secondary N) is 1. The lowest BCUT2D eigenvalue weighted by molar-refractivity contribution is -0.116. The van der Waals surface area contributed by atoms with Gasteiger partial charge in [-0.15, -0.1) is 0 Å². The number of rotatable bonds is 8. The maximum Gasteiger partial charge on any atom is 0.244 e. The molecule has 4 rings (SSSR count). The van der Waals surface area contributed by atoms with Crippen LogP contribution < -0.4 is 14.8 Å². The number of methoxy groups -OCH3 is 1. The minimum absolute atomic E-state index is 0.192. The summed E-state index contributed by atoms with van der Waals surface area (Å²) in [6.45, 7) is 2.86. The number of para-hydroxylation sites is 2. The fourth-order valence-corrected chi connectivity index (χ4v) is 3.29. The van der Waals surface area contributed by atoms with Crippen LogP contribution in [0.25, 0.3) is 22.9 Å². The van der Waals surface area contributed by atoms with E-state index in [1.165, 1.54) is 6.08 Å². The highest BCUT2D eigenvalue weighted by molar-refractivity contribution is 5.91. The Balaban J connectivity index is 1.36. The van der Waals surface area contributed by atoms with Gasteiger partial charge in [-0.05, 0) is 54.5 Å². The van der Waals surface area contributed by atoms with Crippen molar-refractivity contribution in [3.05, 3.63) is 84.3 Å². The summed E-state index contributed by atoms with van der Waals surface area (Å²) in [7, 11) is 1.59. The highest BCUT2D eigenvalue weighted by Gasteiger charge is 2.06. The van der Waals surface area contributed by atoms with Gasteiger partial charge >= 0.3 is 0 Å². The maximum absolute atomic E-state index is 12.2. The van der Waals surface area contributed by atoms with Crippen molar-refractivity contribution in [2.75, 3.05) is 13.7 Å². The van der Waals surface area contributed by atoms with Crippen LogP contribution in [-0.2, 0) is 11.3 Å². The Morgan fingerprint density at radius 3 is 2.75 bits per heavy atom. The van der Waals surface area contributed by atoms with E-state index in [0.717, 1.165) is 28.0 Å². The first-order chi connectivity index (χ1) is 15.7. The zero-order chi connectivity index (χ0) is 22.3. The number of aromatic nitrogens is 3. The van der Waals surface area contributed by atoms with Crippen molar-refractivity contribution in [3.63, 3.8) is 0 Å². The second-order valence-electron chi connectivity index (χ2n) is 7.02. The second kappa shape index (κ2) is 9.78. The number of imidazole rings is 1. The van der Waals surface area contributed by atoms with Gasteiger partial charge in [0, 0.05) is 18.8 Å². The molecular weight excluding hydrogens is 404 g/mol. The van der Waals surface area contributed by atoms with Crippen molar-refractivity contribution in [1.29, 1.82) is 0 Å². The fraction of sp³-hybridized carbons (Fsp3) is 0.160. The molecule has 162 valence electrons. The number of hydrogen-bond donors (Lipinski definition) is 1. The summed E-state index contributed by atoms with van der Waals surface area (Å²) in [4.78, 5) is 21.1. The van der Waals surface area contributed by atoms with E-state index in [0.29, 0.717) is 24.7 Å². The summed E-state index contributed by atoms with van der Waals surface area (Å²) < 4.78 is 12.8. The summed E-state index contributed by atoms with van der Waals surface area (Å²) >= 11 is 0. The second-order valence-corrected chi connectivity index (χ2v) is 7.02. The first kappa shape index (κ1) is 21.1. The fourth-order valence-electron chi connectivity index (χ4n) is 3.29. The smallest absolute Gasteiger partial charge is 0.244 e. The molecule has 1 N–H and O–H groups in total. The van der Waals surface area contributed by atoms with Crippen molar-refractivity contribution in [2.24, 2.45) is 0 Å². The Labute approximate surface area is 186 Å². The number of nitrogens with zero attached hydrogens (tertiary/aromatic N) is 3. The van der Waals surface area contributed by atoms with Gasteiger partial charge in [0.1, 0.15) is 12.1 Å². The van der Waals surface area contributed by atoms with E-state index in [9.17, 15) is 4.79 Å². The van der Waals surface area contributed by atoms with Gasteiger partial charge < -0.3 is 14.8 Å². The monoisotopic (exact) mass is 428 g/mol. The third kappa shape index (κ3) is 4.78. The van der Waals surface area contributed by atoms with Crippen LogP contribution in [0.5, 0.6) is 11.5 Å². The number of fused-ring (bicyclic) bond motifs is 1. The molecule has 0 saturated heterocycles. The molecule has 0 aliphatic heterocycles. The summed E-state index contributed by atoms with van der Waals surface area (Å²) in [5.74, 6) is 1.89. The van der Waals surface area contributed by atoms with E-state index in [1.807, 2.05) is 66.1 Å². The van der Waals surface area contributed by atoms with Crippen LogP contribution in [0.1, 0.15) is 18.1 Å². The van der Waals surface area contributed by atoms with Gasteiger partial charge in [0.15, 0.2) is 11.5 Å². The van der Waals surface area contributed by atoms with Gasteiger partial charge in [0.2, 0.25) is 5.91 Å². The van der Waals surface area contributed by atoms with Gasteiger partial charge in [-0.25, -0.2) is 9.97 Å². The first-order valence-electron chi connectivity index (χ1n) is 10.3. The molecule has 0 atom stereocenters. The van der Waals surface area contributed by atoms with Crippen LogP contribution in [0.3, 0.4) is 0 Å². The Hall–Kier alpha value is -4.13. The zero-order valence-corrected chi connectivity index (χ0v) is 18.0. The van der Waals surface area contributed by atoms with Crippen LogP contribution >= 0.6 is 0 Å². The summed E-state index contributed by atoms with van der Waals surface area (Å²) in [6.07, 6.45) is 6.74. The summed E-state index contributed by atoms with van der Waals surface area (Å²) in [5, 5.41) is 2.87. The molecule has 2 aromatic carbocycles. The van der Waals surface area contributed by atoms with E-state index in [-0.39, 0.29) is 5.91 Å². The summed E-state index contributed by atoms with van der Waals surface area (Å²) in [5.41, 5.74) is 3.67. The Morgan fingerprint density at radius 2 is 1.97 bits per heavy atom. The van der Waals surface area contributed by atoms with Crippen molar-refractivity contribution < 1.29 is 14.3 Å². The molecule has 0 radical (unpaired) electrons. The molecule has 7 heteroatoms. The average molecular weight is 428 g/mol. The van der Waals surface area contributed by atoms with Gasteiger partial charge in [-0.2, -0.15) is 0 Å². The third-order valence-electron chi connectivity index (χ3n) is 4.89. The molecule has 32 heavy (non-hydrogen) atoms. The molecule has 0 aliphatic rings. The van der Waals surface area contributed by atoms with Crippen molar-refractivity contribution in [3.8, 4) is 17.3 Å². The lowest BCUT2D eigenvalue weighted by atomic mass is 10.2. The van der Waals surface area contributed by atoms with Crippen molar-refractivity contribution >= 4 is 23.0 Å². The number of hydrogen-bond acceptors (Lipinski definition) is 5. The van der Waals surface area contributed by atoms with Crippen LogP contribution in [0, 0.1) is 0 Å². The lowest BCUT2D eigenvalue weighted by Gasteiger charge is -2.09. The SMILES string of the molecule is CCOc1ccc(/C=C/C(=O)NCc2ccc(-n3cnc4ccccc43)nc2)cc1OC. The summed E-state index contributed by atoms with van der Waals surface area (Å²) in [6, 6.07) is 17.3. The molecule has 0 bridgehead atoms. The standard InChI is InChI=1S/C25H24N4O3/c1-3-32-22-11-8-18(14-23(22)31-2)10-13-25(30)27-16-19-9-12-24(26-15-19)29-17-28-20-6-4-5-7-21(20)29/h4-15,17H,3,16H2,1-2H3,(H,27,30)/b13-10+. The van der Waals surface area contributed by atoms with Gasteiger partial charge in [-0.1, -0.05) is 24.3 Å². The zero-order valence-electron chi connectivity index (χ0n) is 18.0.